The number of carbonyl (C=O) groups excluding carboxylic acids is 2. The van der Waals surface area contributed by atoms with Gasteiger partial charge < -0.3 is 14.5 Å². The summed E-state index contributed by atoms with van der Waals surface area (Å²) in [4.78, 5) is 29.2. The maximum absolute atomic E-state index is 12.9. The molecule has 3 fully saturated rings. The quantitative estimate of drug-likeness (QED) is 0.680. The third-order valence-electron chi connectivity index (χ3n) is 7.69. The summed E-state index contributed by atoms with van der Waals surface area (Å²) in [6.45, 7) is 9.99. The Morgan fingerprint density at radius 3 is 2.19 bits per heavy atom. The molecule has 1 aliphatic heterocycles. The van der Waals surface area contributed by atoms with Gasteiger partial charge in [-0.15, -0.1) is 0 Å². The summed E-state index contributed by atoms with van der Waals surface area (Å²) in [7, 11) is -3.21. The summed E-state index contributed by atoms with van der Waals surface area (Å²) in [5, 5.41) is 0. The molecule has 184 valence electrons. The number of piperazine rings is 1. The fraction of sp³-hybridized carbons (Fsp3) is 0.913. The van der Waals surface area contributed by atoms with E-state index in [0.29, 0.717) is 18.4 Å². The molecule has 0 aromatic rings. The van der Waals surface area contributed by atoms with E-state index in [-0.39, 0.29) is 48.2 Å². The maximum Gasteiger partial charge on any atom is 0.410 e. The summed E-state index contributed by atoms with van der Waals surface area (Å²) in [5.74, 6) is 1.33. The minimum atomic E-state index is -3.21. The number of hydrogen-bond acceptors (Lipinski definition) is 5. The molecule has 0 radical (unpaired) electrons. The predicted octanol–water partition coefficient (Wildman–Crippen LogP) is 2.98. The first-order valence-corrected chi connectivity index (χ1v) is 14.0. The van der Waals surface area contributed by atoms with Crippen molar-refractivity contribution < 1.29 is 22.7 Å². The number of fused-ring (bicyclic) bond motifs is 1. The van der Waals surface area contributed by atoms with E-state index in [2.05, 4.69) is 11.6 Å². The summed E-state index contributed by atoms with van der Waals surface area (Å²) >= 11 is 0. The van der Waals surface area contributed by atoms with Crippen LogP contribution in [0.2, 0.25) is 0 Å². The van der Waals surface area contributed by atoms with Crippen molar-refractivity contribution in [3.63, 3.8) is 0 Å². The topological polar surface area (TPSA) is 96.0 Å². The molecule has 2 amide bonds. The first-order valence-electron chi connectivity index (χ1n) is 12.1. The number of rotatable bonds is 4. The second kappa shape index (κ2) is 9.87. The normalized spacial score (nSPS) is 36.0. The molecule has 2 aliphatic carbocycles. The Kier molecular flexibility index (Phi) is 7.80. The highest BCUT2D eigenvalue weighted by molar-refractivity contribution is 7.88. The smallest absolute Gasteiger partial charge is 0.410 e. The molecular weight excluding hydrogens is 430 g/mol. The number of sulfonamides is 1. The first-order chi connectivity index (χ1) is 14.9. The van der Waals surface area contributed by atoms with Gasteiger partial charge in [0.15, 0.2) is 0 Å². The van der Waals surface area contributed by atoms with E-state index in [1.807, 2.05) is 30.6 Å². The van der Waals surface area contributed by atoms with E-state index in [9.17, 15) is 18.0 Å². The predicted molar refractivity (Wildman–Crippen MR) is 123 cm³/mol. The number of amides is 2. The second-order valence-electron chi connectivity index (χ2n) is 10.6. The van der Waals surface area contributed by atoms with Gasteiger partial charge in [0.25, 0.3) is 0 Å². The average molecular weight is 472 g/mol. The lowest BCUT2D eigenvalue weighted by atomic mass is 9.67. The van der Waals surface area contributed by atoms with Gasteiger partial charge in [-0.25, -0.2) is 17.9 Å². The maximum atomic E-state index is 12.9. The average Bonchev–Trinajstić information content (AvgIpc) is 2.66. The van der Waals surface area contributed by atoms with Crippen molar-refractivity contribution in [2.45, 2.75) is 103 Å². The van der Waals surface area contributed by atoms with Crippen LogP contribution in [-0.4, -0.2) is 73.3 Å². The van der Waals surface area contributed by atoms with Crippen molar-refractivity contribution in [2.75, 3.05) is 12.8 Å². The van der Waals surface area contributed by atoms with Crippen molar-refractivity contribution in [2.24, 2.45) is 17.8 Å². The Bertz CT molecular complexity index is 801. The summed E-state index contributed by atoms with van der Waals surface area (Å²) in [6, 6.07) is -0.0171. The Hall–Kier alpha value is -1.35. The van der Waals surface area contributed by atoms with Crippen molar-refractivity contribution in [1.29, 1.82) is 0 Å². The van der Waals surface area contributed by atoms with E-state index in [4.69, 9.17) is 4.74 Å². The van der Waals surface area contributed by atoms with Gasteiger partial charge in [-0.1, -0.05) is 6.92 Å². The van der Waals surface area contributed by atoms with Crippen molar-refractivity contribution in [1.82, 2.24) is 14.5 Å². The Morgan fingerprint density at radius 1 is 1.00 bits per heavy atom. The van der Waals surface area contributed by atoms with E-state index < -0.39 is 10.0 Å². The fourth-order valence-corrected chi connectivity index (χ4v) is 7.32. The summed E-state index contributed by atoms with van der Waals surface area (Å²) < 4.78 is 31.7. The second-order valence-corrected chi connectivity index (χ2v) is 12.4. The highest BCUT2D eigenvalue weighted by Crippen LogP contribution is 2.44. The number of carbonyl (C=O) groups is 2. The number of hydrogen-bond donors (Lipinski definition) is 1. The highest BCUT2D eigenvalue weighted by Gasteiger charge is 2.48. The molecule has 2 saturated carbocycles. The van der Waals surface area contributed by atoms with E-state index in [0.717, 1.165) is 38.5 Å². The van der Waals surface area contributed by atoms with Crippen LogP contribution < -0.4 is 4.72 Å². The van der Waals surface area contributed by atoms with Gasteiger partial charge in [-0.2, -0.15) is 0 Å². The molecule has 0 bridgehead atoms. The lowest BCUT2D eigenvalue weighted by Gasteiger charge is -2.54. The van der Waals surface area contributed by atoms with Crippen LogP contribution in [0.4, 0.5) is 4.79 Å². The van der Waals surface area contributed by atoms with Crippen LogP contribution in [0.25, 0.3) is 0 Å². The zero-order valence-electron chi connectivity index (χ0n) is 20.4. The van der Waals surface area contributed by atoms with E-state index in [1.54, 1.807) is 6.92 Å². The van der Waals surface area contributed by atoms with Gasteiger partial charge in [0, 0.05) is 25.6 Å². The van der Waals surface area contributed by atoms with Crippen LogP contribution in [0.3, 0.4) is 0 Å². The van der Waals surface area contributed by atoms with Gasteiger partial charge >= 0.3 is 6.09 Å². The molecule has 3 rings (SSSR count). The molecule has 32 heavy (non-hydrogen) atoms. The standard InChI is InChI=1S/C23H41N3O5S/c1-14(2)31-23(28)25-13-16(4)26(17(5)27)21-10-8-19(12-22(21)25)18-7-9-20(15(3)11-18)24-32(6,29)30/h14-16,18-22,24H,7-13H2,1-6H3/t15?,16-,18?,19?,20?,21?,22?/m0/s1. The molecule has 9 heteroatoms. The summed E-state index contributed by atoms with van der Waals surface area (Å²) in [5.41, 5.74) is 0. The fourth-order valence-electron chi connectivity index (χ4n) is 6.42. The largest absolute Gasteiger partial charge is 0.447 e. The van der Waals surface area contributed by atoms with Crippen molar-refractivity contribution in [3.05, 3.63) is 0 Å². The lowest BCUT2D eigenvalue weighted by Crippen LogP contribution is -2.67. The third kappa shape index (κ3) is 5.76. The van der Waals surface area contributed by atoms with Crippen LogP contribution in [0.15, 0.2) is 0 Å². The molecule has 0 aromatic heterocycles. The number of nitrogens with one attached hydrogen (secondary N) is 1. The highest BCUT2D eigenvalue weighted by atomic mass is 32.2. The monoisotopic (exact) mass is 471 g/mol. The minimum absolute atomic E-state index is 0.00107. The zero-order valence-corrected chi connectivity index (χ0v) is 21.2. The SMILES string of the molecule is CC(=O)N1C2CCC(C3CCC(NS(C)(=O)=O)C(C)C3)CC2N(C(=O)OC(C)C)C[C@@H]1C. The molecule has 0 spiro atoms. The molecule has 7 atom stereocenters. The summed E-state index contributed by atoms with van der Waals surface area (Å²) in [6.07, 6.45) is 6.38. The van der Waals surface area contributed by atoms with Gasteiger partial charge in [0.05, 0.1) is 24.4 Å². The zero-order chi connectivity index (χ0) is 23.8. The van der Waals surface area contributed by atoms with Gasteiger partial charge in [-0.05, 0) is 77.0 Å². The van der Waals surface area contributed by atoms with Crippen LogP contribution in [-0.2, 0) is 19.6 Å². The van der Waals surface area contributed by atoms with Gasteiger partial charge in [0.1, 0.15) is 0 Å². The minimum Gasteiger partial charge on any atom is -0.447 e. The molecule has 6 unspecified atom stereocenters. The number of ether oxygens (including phenoxy) is 1. The molecule has 8 nitrogen and oxygen atoms in total. The lowest BCUT2D eigenvalue weighted by molar-refractivity contribution is -0.142. The van der Waals surface area contributed by atoms with Gasteiger partial charge in [0.2, 0.25) is 15.9 Å². The van der Waals surface area contributed by atoms with Crippen LogP contribution in [0.1, 0.15) is 73.1 Å². The van der Waals surface area contributed by atoms with E-state index in [1.165, 1.54) is 6.26 Å². The molecule has 1 N–H and O–H groups in total. The molecule has 1 saturated heterocycles. The van der Waals surface area contributed by atoms with Crippen LogP contribution >= 0.6 is 0 Å². The Morgan fingerprint density at radius 2 is 1.62 bits per heavy atom. The molecular formula is C23H41N3O5S. The molecule has 0 aromatic carbocycles. The van der Waals surface area contributed by atoms with Crippen LogP contribution in [0.5, 0.6) is 0 Å². The molecule has 1 heterocycles. The number of nitrogens with zero attached hydrogens (tertiary/aromatic N) is 2. The third-order valence-corrected chi connectivity index (χ3v) is 8.42. The Labute approximate surface area is 193 Å². The molecule has 3 aliphatic rings. The van der Waals surface area contributed by atoms with Crippen LogP contribution in [0, 0.1) is 17.8 Å². The van der Waals surface area contributed by atoms with E-state index >= 15 is 0 Å². The first kappa shape index (κ1) is 25.3. The van der Waals surface area contributed by atoms with Crippen molar-refractivity contribution >= 4 is 22.0 Å². The van der Waals surface area contributed by atoms with Gasteiger partial charge in [-0.3, -0.25) is 4.79 Å². The van der Waals surface area contributed by atoms with Crippen molar-refractivity contribution in [3.8, 4) is 0 Å². The Balaban J connectivity index is 1.74.